The number of ether oxygens (including phenoxy) is 2. The molecular formula is C18H37N2O7P. The molecule has 3 N–H and O–H groups in total. The maximum absolute atomic E-state index is 12.0. The fourth-order valence-corrected chi connectivity index (χ4v) is 3.43. The first kappa shape index (κ1) is 26.9. The van der Waals surface area contributed by atoms with Gasteiger partial charge in [0.15, 0.2) is 0 Å². The van der Waals surface area contributed by atoms with Crippen LogP contribution in [0.5, 0.6) is 0 Å². The third-order valence-electron chi connectivity index (χ3n) is 3.60. The summed E-state index contributed by atoms with van der Waals surface area (Å²) in [4.78, 5) is 33.3. The molecule has 0 aliphatic carbocycles. The smallest absolute Gasteiger partial charge is 0.407 e. The molecule has 0 aromatic rings. The number of alkyl carbamates (subject to hydrolysis) is 1. The number of amides is 1. The minimum absolute atomic E-state index is 0.0182. The van der Waals surface area contributed by atoms with Crippen molar-refractivity contribution in [1.29, 1.82) is 0 Å². The lowest BCUT2D eigenvalue weighted by molar-refractivity contribution is -0.146. The van der Waals surface area contributed by atoms with Crippen LogP contribution < -0.4 is 10.4 Å². The summed E-state index contributed by atoms with van der Waals surface area (Å²) in [5, 5.41) is 4.65. The second-order valence-electron chi connectivity index (χ2n) is 7.71. The molecule has 0 saturated carbocycles. The summed E-state index contributed by atoms with van der Waals surface area (Å²) in [6.07, 6.45) is 3.30. The molecule has 166 valence electrons. The van der Waals surface area contributed by atoms with Gasteiger partial charge in [-0.25, -0.2) is 14.4 Å². The highest BCUT2D eigenvalue weighted by Gasteiger charge is 2.27. The number of esters is 1. The molecule has 0 fully saturated rings. The minimum Gasteiger partial charge on any atom is -0.464 e. The predicted molar refractivity (Wildman–Crippen MR) is 107 cm³/mol. The zero-order chi connectivity index (χ0) is 21.8. The molecule has 28 heavy (non-hydrogen) atoms. The molecule has 1 amide bonds. The number of carbonyl (C=O) groups excluding carboxylic acids is 2. The summed E-state index contributed by atoms with van der Waals surface area (Å²) < 4.78 is 27.2. The first-order valence-electron chi connectivity index (χ1n) is 9.78. The second-order valence-corrected chi connectivity index (χ2v) is 9.26. The largest absolute Gasteiger partial charge is 0.464 e. The third kappa shape index (κ3) is 13.9. The van der Waals surface area contributed by atoms with Gasteiger partial charge in [0, 0.05) is 6.54 Å². The molecular weight excluding hydrogens is 387 g/mol. The summed E-state index contributed by atoms with van der Waals surface area (Å²) in [6.45, 7) is 10.8. The highest BCUT2D eigenvalue weighted by Crippen LogP contribution is 2.37. The van der Waals surface area contributed by atoms with Crippen LogP contribution in [0.4, 0.5) is 4.79 Å². The molecule has 0 rings (SSSR count). The van der Waals surface area contributed by atoms with Crippen LogP contribution in [-0.2, 0) is 23.4 Å². The SMILES string of the molecule is CCCC(CCC)COC(=O)[C@H](C)NP(=O)(O)OCCNC(=O)OC(C)(C)C. The second kappa shape index (κ2) is 13.1. The van der Waals surface area contributed by atoms with Gasteiger partial charge in [-0.3, -0.25) is 9.32 Å². The molecule has 0 aliphatic heterocycles. The van der Waals surface area contributed by atoms with Crippen molar-refractivity contribution in [1.82, 2.24) is 10.4 Å². The summed E-state index contributed by atoms with van der Waals surface area (Å²) >= 11 is 0. The van der Waals surface area contributed by atoms with E-state index in [-0.39, 0.29) is 13.2 Å². The number of nitrogens with one attached hydrogen (secondary N) is 2. The molecule has 0 aliphatic rings. The molecule has 0 radical (unpaired) electrons. The van der Waals surface area contributed by atoms with E-state index in [0.717, 1.165) is 25.7 Å². The van der Waals surface area contributed by atoms with E-state index in [0.29, 0.717) is 12.5 Å². The Morgan fingerprint density at radius 3 is 2.21 bits per heavy atom. The average Bonchev–Trinajstić information content (AvgIpc) is 2.54. The van der Waals surface area contributed by atoms with Gasteiger partial charge in [0.2, 0.25) is 0 Å². The Kier molecular flexibility index (Phi) is 12.6. The highest BCUT2D eigenvalue weighted by atomic mass is 31.2. The predicted octanol–water partition coefficient (Wildman–Crippen LogP) is 3.37. The lowest BCUT2D eigenvalue weighted by Crippen LogP contribution is -2.36. The Hall–Kier alpha value is -1.15. The van der Waals surface area contributed by atoms with E-state index >= 15 is 0 Å². The Bertz CT molecular complexity index is 517. The Labute approximate surface area is 168 Å². The van der Waals surface area contributed by atoms with Crippen molar-refractivity contribution in [3.05, 3.63) is 0 Å². The molecule has 0 bridgehead atoms. The fourth-order valence-electron chi connectivity index (χ4n) is 2.42. The van der Waals surface area contributed by atoms with Crippen LogP contribution in [-0.4, -0.2) is 48.4 Å². The van der Waals surface area contributed by atoms with E-state index in [9.17, 15) is 19.0 Å². The van der Waals surface area contributed by atoms with Crippen molar-refractivity contribution >= 4 is 19.8 Å². The standard InChI is InChI=1S/C18H37N2O7P/c1-7-9-15(10-8-2)13-25-16(21)14(3)20-28(23,24)26-12-11-19-17(22)27-18(4,5)6/h14-15H,7-13H2,1-6H3,(H,19,22)(H2,20,23,24)/t14-/m0/s1. The average molecular weight is 424 g/mol. The molecule has 10 heteroatoms. The zero-order valence-corrected chi connectivity index (χ0v) is 18.8. The van der Waals surface area contributed by atoms with E-state index in [1.54, 1.807) is 20.8 Å². The molecule has 0 aromatic heterocycles. The Morgan fingerprint density at radius 1 is 1.14 bits per heavy atom. The van der Waals surface area contributed by atoms with Crippen LogP contribution in [0.3, 0.4) is 0 Å². The topological polar surface area (TPSA) is 123 Å². The van der Waals surface area contributed by atoms with Crippen molar-refractivity contribution < 1.29 is 33.0 Å². The zero-order valence-electron chi connectivity index (χ0n) is 17.9. The van der Waals surface area contributed by atoms with Gasteiger partial charge in [0.05, 0.1) is 13.2 Å². The van der Waals surface area contributed by atoms with Gasteiger partial charge in [0.25, 0.3) is 0 Å². The first-order valence-corrected chi connectivity index (χ1v) is 11.4. The van der Waals surface area contributed by atoms with Gasteiger partial charge in [-0.15, -0.1) is 0 Å². The summed E-state index contributed by atoms with van der Waals surface area (Å²) in [5.74, 6) is -0.316. The molecule has 2 atom stereocenters. The third-order valence-corrected chi connectivity index (χ3v) is 4.85. The van der Waals surface area contributed by atoms with E-state index in [1.165, 1.54) is 6.92 Å². The number of carbonyl (C=O) groups is 2. The van der Waals surface area contributed by atoms with E-state index in [2.05, 4.69) is 24.3 Å². The van der Waals surface area contributed by atoms with E-state index < -0.39 is 31.5 Å². The molecule has 0 heterocycles. The van der Waals surface area contributed by atoms with Gasteiger partial charge < -0.3 is 19.7 Å². The summed E-state index contributed by atoms with van der Waals surface area (Å²) in [6, 6.07) is -1.00. The monoisotopic (exact) mass is 424 g/mol. The van der Waals surface area contributed by atoms with Crippen molar-refractivity contribution in [3.8, 4) is 0 Å². The van der Waals surface area contributed by atoms with Gasteiger partial charge in [-0.2, -0.15) is 0 Å². The van der Waals surface area contributed by atoms with Gasteiger partial charge in [-0.05, 0) is 46.5 Å². The Balaban J connectivity index is 4.24. The van der Waals surface area contributed by atoms with Crippen LogP contribution in [0.25, 0.3) is 0 Å². The van der Waals surface area contributed by atoms with Crippen molar-refractivity contribution in [3.63, 3.8) is 0 Å². The highest BCUT2D eigenvalue weighted by molar-refractivity contribution is 7.50. The normalized spacial score (nSPS) is 15.0. The summed E-state index contributed by atoms with van der Waals surface area (Å²) in [7, 11) is -4.22. The first-order chi connectivity index (χ1) is 12.9. The molecule has 1 unspecified atom stereocenters. The van der Waals surface area contributed by atoms with E-state index in [1.807, 2.05) is 0 Å². The quantitative estimate of drug-likeness (QED) is 0.234. The minimum atomic E-state index is -4.22. The van der Waals surface area contributed by atoms with Gasteiger partial charge >= 0.3 is 19.8 Å². The van der Waals surface area contributed by atoms with Crippen molar-refractivity contribution in [2.45, 2.75) is 78.9 Å². The van der Waals surface area contributed by atoms with Crippen molar-refractivity contribution in [2.24, 2.45) is 5.92 Å². The van der Waals surface area contributed by atoms with Crippen molar-refractivity contribution in [2.75, 3.05) is 19.8 Å². The maximum Gasteiger partial charge on any atom is 0.407 e. The number of hydrogen-bond donors (Lipinski definition) is 3. The molecule has 9 nitrogen and oxygen atoms in total. The van der Waals surface area contributed by atoms with Crippen LogP contribution in [0.15, 0.2) is 0 Å². The summed E-state index contributed by atoms with van der Waals surface area (Å²) in [5.41, 5.74) is -0.637. The fraction of sp³-hybridized carbons (Fsp3) is 0.889. The van der Waals surface area contributed by atoms with Crippen LogP contribution >= 0.6 is 7.75 Å². The molecule has 0 saturated heterocycles. The number of rotatable bonds is 13. The van der Waals surface area contributed by atoms with Crippen LogP contribution in [0.1, 0.15) is 67.2 Å². The van der Waals surface area contributed by atoms with Crippen LogP contribution in [0.2, 0.25) is 0 Å². The molecule has 0 spiro atoms. The van der Waals surface area contributed by atoms with Gasteiger partial charge in [0.1, 0.15) is 11.6 Å². The van der Waals surface area contributed by atoms with Gasteiger partial charge in [-0.1, -0.05) is 26.7 Å². The van der Waals surface area contributed by atoms with Crippen LogP contribution in [0, 0.1) is 5.92 Å². The maximum atomic E-state index is 12.0. The van der Waals surface area contributed by atoms with E-state index in [4.69, 9.17) is 14.0 Å². The lowest BCUT2D eigenvalue weighted by Gasteiger charge is -2.21. The molecule has 0 aromatic carbocycles. The lowest BCUT2D eigenvalue weighted by atomic mass is 9.99. The Morgan fingerprint density at radius 2 is 1.71 bits per heavy atom. The number of hydrogen-bond acceptors (Lipinski definition) is 6.